The number of allylic oxidation sites excluding steroid dienone is 2. The lowest BCUT2D eigenvalue weighted by Crippen LogP contribution is -2.03. The molecule has 0 aromatic heterocycles. The second kappa shape index (κ2) is 9.00. The molecular formula is C20H16O4. The lowest BCUT2D eigenvalue weighted by Gasteiger charge is -1.97. The first-order valence-corrected chi connectivity index (χ1v) is 7.37. The predicted octanol–water partition coefficient (Wildman–Crippen LogP) is 3.41. The molecule has 0 spiro atoms. The second-order valence-electron chi connectivity index (χ2n) is 4.83. The predicted molar refractivity (Wildman–Crippen MR) is 90.8 cm³/mol. The van der Waals surface area contributed by atoms with Gasteiger partial charge in [-0.1, -0.05) is 60.7 Å². The van der Waals surface area contributed by atoms with Gasteiger partial charge in [0.25, 0.3) is 0 Å². The maximum atomic E-state index is 11.8. The molecule has 2 aromatic rings. The Labute approximate surface area is 140 Å². The van der Waals surface area contributed by atoms with Crippen molar-refractivity contribution in [2.75, 3.05) is 6.61 Å². The summed E-state index contributed by atoms with van der Waals surface area (Å²) in [5.41, 5.74) is 1.06. The zero-order valence-electron chi connectivity index (χ0n) is 12.9. The second-order valence-corrected chi connectivity index (χ2v) is 4.83. The van der Waals surface area contributed by atoms with Gasteiger partial charge in [-0.3, -0.25) is 9.59 Å². The van der Waals surface area contributed by atoms with Crippen LogP contribution in [0.1, 0.15) is 20.7 Å². The van der Waals surface area contributed by atoms with Gasteiger partial charge in [0.05, 0.1) is 0 Å². The molecule has 0 atom stereocenters. The molecule has 2 rings (SSSR count). The van der Waals surface area contributed by atoms with Crippen molar-refractivity contribution in [3.63, 3.8) is 0 Å². The quantitative estimate of drug-likeness (QED) is 0.445. The largest absolute Gasteiger partial charge is 0.458 e. The third kappa shape index (κ3) is 5.50. The lowest BCUT2D eigenvalue weighted by molar-refractivity contribution is -0.136. The summed E-state index contributed by atoms with van der Waals surface area (Å²) < 4.78 is 4.90. The van der Waals surface area contributed by atoms with Crippen molar-refractivity contribution >= 4 is 17.5 Å². The fourth-order valence-corrected chi connectivity index (χ4v) is 1.87. The molecule has 0 aliphatic heterocycles. The minimum atomic E-state index is -0.643. The fraction of sp³-hybridized carbons (Fsp3) is 0.0500. The summed E-state index contributed by atoms with van der Waals surface area (Å²) in [4.78, 5) is 35.1. The highest BCUT2D eigenvalue weighted by Crippen LogP contribution is 2.02. The number of rotatable bonds is 7. The number of hydrogen-bond donors (Lipinski definition) is 0. The van der Waals surface area contributed by atoms with Crippen LogP contribution in [0.5, 0.6) is 0 Å². The molecule has 120 valence electrons. The number of hydrogen-bond acceptors (Lipinski definition) is 4. The maximum absolute atomic E-state index is 11.8. The van der Waals surface area contributed by atoms with Crippen LogP contribution in [0.3, 0.4) is 0 Å². The van der Waals surface area contributed by atoms with Gasteiger partial charge >= 0.3 is 5.97 Å². The van der Waals surface area contributed by atoms with Crippen LogP contribution in [0.25, 0.3) is 0 Å². The number of esters is 1. The SMILES string of the molecule is O=C(/C=C/C(=O)c1ccccc1)OC/C=C/C(=O)c1ccccc1. The number of benzene rings is 2. The zero-order valence-corrected chi connectivity index (χ0v) is 12.9. The van der Waals surface area contributed by atoms with Crippen LogP contribution in [-0.2, 0) is 9.53 Å². The maximum Gasteiger partial charge on any atom is 0.331 e. The van der Waals surface area contributed by atoms with Crippen molar-refractivity contribution in [2.24, 2.45) is 0 Å². The van der Waals surface area contributed by atoms with E-state index in [0.717, 1.165) is 12.2 Å². The Balaban J connectivity index is 1.77. The van der Waals surface area contributed by atoms with Crippen molar-refractivity contribution in [1.29, 1.82) is 0 Å². The van der Waals surface area contributed by atoms with Crippen LogP contribution < -0.4 is 0 Å². The Hall–Kier alpha value is -3.27. The average Bonchev–Trinajstić information content (AvgIpc) is 2.64. The van der Waals surface area contributed by atoms with Crippen LogP contribution in [0, 0.1) is 0 Å². The molecule has 0 heterocycles. The van der Waals surface area contributed by atoms with Gasteiger partial charge in [-0.05, 0) is 18.2 Å². The number of carbonyl (C=O) groups excluding carboxylic acids is 3. The molecule has 24 heavy (non-hydrogen) atoms. The van der Waals surface area contributed by atoms with Gasteiger partial charge in [-0.2, -0.15) is 0 Å². The van der Waals surface area contributed by atoms with Gasteiger partial charge in [-0.25, -0.2) is 4.79 Å². The summed E-state index contributed by atoms with van der Waals surface area (Å²) in [5.74, 6) is -1.08. The topological polar surface area (TPSA) is 60.4 Å². The molecule has 0 amide bonds. The third-order valence-electron chi connectivity index (χ3n) is 3.08. The molecular weight excluding hydrogens is 304 g/mol. The highest BCUT2D eigenvalue weighted by molar-refractivity contribution is 6.07. The van der Waals surface area contributed by atoms with E-state index in [1.54, 1.807) is 54.6 Å². The van der Waals surface area contributed by atoms with Gasteiger partial charge in [0, 0.05) is 17.2 Å². The van der Waals surface area contributed by atoms with E-state index in [1.165, 1.54) is 12.2 Å². The van der Waals surface area contributed by atoms with Gasteiger partial charge < -0.3 is 4.74 Å². The third-order valence-corrected chi connectivity index (χ3v) is 3.08. The summed E-state index contributed by atoms with van der Waals surface area (Å²) in [6.45, 7) is -0.0404. The molecule has 4 heteroatoms. The van der Waals surface area contributed by atoms with E-state index in [4.69, 9.17) is 4.74 Å². The van der Waals surface area contributed by atoms with E-state index in [2.05, 4.69) is 0 Å². The van der Waals surface area contributed by atoms with E-state index in [0.29, 0.717) is 11.1 Å². The van der Waals surface area contributed by atoms with Crippen molar-refractivity contribution in [3.8, 4) is 0 Å². The molecule has 0 fully saturated rings. The van der Waals surface area contributed by atoms with Gasteiger partial charge in [0.1, 0.15) is 6.61 Å². The normalized spacial score (nSPS) is 10.8. The van der Waals surface area contributed by atoms with E-state index < -0.39 is 5.97 Å². The average molecular weight is 320 g/mol. The first-order valence-electron chi connectivity index (χ1n) is 7.37. The lowest BCUT2D eigenvalue weighted by atomic mass is 10.1. The molecule has 0 saturated heterocycles. The Morgan fingerprint density at radius 1 is 0.708 bits per heavy atom. The molecule has 0 unspecified atom stereocenters. The molecule has 0 aliphatic carbocycles. The summed E-state index contributed by atoms with van der Waals surface area (Å²) in [6.07, 6.45) is 5.04. The Morgan fingerprint density at radius 2 is 1.21 bits per heavy atom. The smallest absolute Gasteiger partial charge is 0.331 e. The Kier molecular flexibility index (Phi) is 6.41. The van der Waals surface area contributed by atoms with Crippen molar-refractivity contribution in [2.45, 2.75) is 0 Å². The molecule has 2 aromatic carbocycles. The van der Waals surface area contributed by atoms with Gasteiger partial charge in [0.15, 0.2) is 11.6 Å². The summed E-state index contributed by atoms with van der Waals surface area (Å²) in [5, 5.41) is 0. The van der Waals surface area contributed by atoms with Crippen molar-refractivity contribution < 1.29 is 19.1 Å². The molecule has 0 N–H and O–H groups in total. The van der Waals surface area contributed by atoms with Gasteiger partial charge in [-0.15, -0.1) is 0 Å². The highest BCUT2D eigenvalue weighted by atomic mass is 16.5. The first-order chi connectivity index (χ1) is 11.7. The van der Waals surface area contributed by atoms with E-state index >= 15 is 0 Å². The molecule has 0 bridgehead atoms. The molecule has 0 saturated carbocycles. The van der Waals surface area contributed by atoms with Crippen LogP contribution in [0.2, 0.25) is 0 Å². The monoisotopic (exact) mass is 320 g/mol. The number of ether oxygens (including phenoxy) is 1. The summed E-state index contributed by atoms with van der Waals surface area (Å²) in [7, 11) is 0. The first kappa shape index (κ1) is 17.1. The van der Waals surface area contributed by atoms with Gasteiger partial charge in [0.2, 0.25) is 0 Å². The van der Waals surface area contributed by atoms with Crippen molar-refractivity contribution in [1.82, 2.24) is 0 Å². The van der Waals surface area contributed by atoms with Crippen LogP contribution >= 0.6 is 0 Å². The Morgan fingerprint density at radius 3 is 1.75 bits per heavy atom. The van der Waals surface area contributed by atoms with Crippen molar-refractivity contribution in [3.05, 3.63) is 96.1 Å². The minimum Gasteiger partial charge on any atom is -0.458 e. The fourth-order valence-electron chi connectivity index (χ4n) is 1.87. The van der Waals surface area contributed by atoms with Crippen LogP contribution in [0.4, 0.5) is 0 Å². The van der Waals surface area contributed by atoms with E-state index in [-0.39, 0.29) is 18.2 Å². The van der Waals surface area contributed by atoms with Crippen LogP contribution in [0.15, 0.2) is 85.0 Å². The number of ketones is 2. The minimum absolute atomic E-state index is 0.0404. The summed E-state index contributed by atoms with van der Waals surface area (Å²) >= 11 is 0. The molecule has 0 aliphatic rings. The number of carbonyl (C=O) groups is 3. The van der Waals surface area contributed by atoms with Crippen LogP contribution in [-0.4, -0.2) is 24.1 Å². The highest BCUT2D eigenvalue weighted by Gasteiger charge is 2.02. The molecule has 0 radical (unpaired) electrons. The standard InChI is InChI=1S/C20H16O4/c21-18(16-8-3-1-4-9-16)12-7-15-24-20(23)14-13-19(22)17-10-5-2-6-11-17/h1-14H,15H2/b12-7+,14-13+. The zero-order chi connectivity index (χ0) is 17.2. The van der Waals surface area contributed by atoms with E-state index in [1.807, 2.05) is 6.07 Å². The summed E-state index contributed by atoms with van der Waals surface area (Å²) in [6, 6.07) is 17.4. The molecule has 4 nitrogen and oxygen atoms in total. The Bertz CT molecular complexity index is 759. The van der Waals surface area contributed by atoms with E-state index in [9.17, 15) is 14.4 Å².